The SMILES string of the molecule is CCOc1cc(OC[C@H]2CCCN2Cc2ccccc2)c2c(=O)[nH]cnc2c1. The molecular weight excluding hydrogens is 354 g/mol. The number of ether oxygens (including phenoxy) is 2. The van der Waals surface area contributed by atoms with Crippen molar-refractivity contribution < 1.29 is 9.47 Å². The van der Waals surface area contributed by atoms with Crippen LogP contribution < -0.4 is 15.0 Å². The second-order valence-electron chi connectivity index (χ2n) is 7.04. The topological polar surface area (TPSA) is 67.5 Å². The van der Waals surface area contributed by atoms with E-state index in [9.17, 15) is 4.79 Å². The van der Waals surface area contributed by atoms with Gasteiger partial charge in [0, 0.05) is 24.7 Å². The number of H-pyrrole nitrogens is 1. The van der Waals surface area contributed by atoms with E-state index in [1.54, 1.807) is 12.1 Å². The van der Waals surface area contributed by atoms with E-state index in [0.717, 1.165) is 25.9 Å². The Labute approximate surface area is 164 Å². The average Bonchev–Trinajstić information content (AvgIpc) is 3.14. The number of fused-ring (bicyclic) bond motifs is 1. The predicted octanol–water partition coefficient (Wildman–Crippen LogP) is 3.37. The lowest BCUT2D eigenvalue weighted by molar-refractivity contribution is 0.168. The molecule has 0 radical (unpaired) electrons. The highest BCUT2D eigenvalue weighted by atomic mass is 16.5. The summed E-state index contributed by atoms with van der Waals surface area (Å²) in [4.78, 5) is 21.7. The number of hydrogen-bond acceptors (Lipinski definition) is 5. The molecular formula is C22H25N3O3. The van der Waals surface area contributed by atoms with Gasteiger partial charge in [-0.15, -0.1) is 0 Å². The van der Waals surface area contributed by atoms with Crippen molar-refractivity contribution in [3.05, 3.63) is 64.7 Å². The van der Waals surface area contributed by atoms with Crippen molar-refractivity contribution in [3.63, 3.8) is 0 Å². The predicted molar refractivity (Wildman–Crippen MR) is 109 cm³/mol. The molecule has 0 bridgehead atoms. The first-order chi connectivity index (χ1) is 13.7. The van der Waals surface area contributed by atoms with Crippen molar-refractivity contribution in [2.75, 3.05) is 19.8 Å². The summed E-state index contributed by atoms with van der Waals surface area (Å²) in [5.41, 5.74) is 1.69. The number of hydrogen-bond donors (Lipinski definition) is 1. The summed E-state index contributed by atoms with van der Waals surface area (Å²) in [5, 5.41) is 0.471. The Balaban J connectivity index is 1.53. The van der Waals surface area contributed by atoms with E-state index in [2.05, 4.69) is 39.1 Å². The Hall–Kier alpha value is -2.86. The first-order valence-electron chi connectivity index (χ1n) is 9.79. The molecule has 3 aromatic rings. The molecule has 1 saturated heterocycles. The lowest BCUT2D eigenvalue weighted by Gasteiger charge is -2.25. The van der Waals surface area contributed by atoms with Gasteiger partial charge in [0.1, 0.15) is 23.5 Å². The molecule has 1 aliphatic heterocycles. The molecule has 1 fully saturated rings. The van der Waals surface area contributed by atoms with Gasteiger partial charge < -0.3 is 14.5 Å². The Morgan fingerprint density at radius 3 is 2.89 bits per heavy atom. The molecule has 0 saturated carbocycles. The molecule has 0 aliphatic carbocycles. The molecule has 0 amide bonds. The second kappa shape index (κ2) is 8.44. The zero-order chi connectivity index (χ0) is 19.3. The van der Waals surface area contributed by atoms with Gasteiger partial charge in [0.2, 0.25) is 0 Å². The van der Waals surface area contributed by atoms with Gasteiger partial charge in [0.05, 0.1) is 18.5 Å². The molecule has 4 rings (SSSR count). The van der Waals surface area contributed by atoms with Crippen molar-refractivity contribution in [2.45, 2.75) is 32.4 Å². The van der Waals surface area contributed by atoms with Crippen LogP contribution >= 0.6 is 0 Å². The number of rotatable bonds is 7. The fourth-order valence-electron chi connectivity index (χ4n) is 3.80. The molecule has 0 unspecified atom stereocenters. The Bertz CT molecular complexity index is 987. The molecule has 6 heteroatoms. The summed E-state index contributed by atoms with van der Waals surface area (Å²) >= 11 is 0. The van der Waals surface area contributed by atoms with Crippen LogP contribution in [0.15, 0.2) is 53.6 Å². The van der Waals surface area contributed by atoms with Gasteiger partial charge in [-0.3, -0.25) is 9.69 Å². The normalized spacial score (nSPS) is 17.1. The van der Waals surface area contributed by atoms with E-state index < -0.39 is 0 Å². The Morgan fingerprint density at radius 1 is 1.21 bits per heavy atom. The summed E-state index contributed by atoms with van der Waals surface area (Å²) in [6.07, 6.45) is 3.65. The summed E-state index contributed by atoms with van der Waals surface area (Å²) in [6, 6.07) is 14.4. The van der Waals surface area contributed by atoms with Gasteiger partial charge in [-0.25, -0.2) is 4.98 Å². The Kier molecular flexibility index (Phi) is 5.58. The van der Waals surface area contributed by atoms with Crippen LogP contribution in [0, 0.1) is 0 Å². The van der Waals surface area contributed by atoms with E-state index in [1.165, 1.54) is 11.9 Å². The van der Waals surface area contributed by atoms with Gasteiger partial charge in [-0.2, -0.15) is 0 Å². The molecule has 1 aliphatic rings. The fourth-order valence-corrected chi connectivity index (χ4v) is 3.80. The van der Waals surface area contributed by atoms with E-state index in [1.807, 2.05) is 13.0 Å². The molecule has 146 valence electrons. The van der Waals surface area contributed by atoms with Crippen LogP contribution in [0.2, 0.25) is 0 Å². The van der Waals surface area contributed by atoms with Gasteiger partial charge in [-0.1, -0.05) is 30.3 Å². The van der Waals surface area contributed by atoms with Crippen LogP contribution in [-0.4, -0.2) is 40.7 Å². The van der Waals surface area contributed by atoms with Gasteiger partial charge in [0.15, 0.2) is 0 Å². The third-order valence-electron chi connectivity index (χ3n) is 5.15. The van der Waals surface area contributed by atoms with Crippen molar-refractivity contribution in [1.29, 1.82) is 0 Å². The monoisotopic (exact) mass is 379 g/mol. The van der Waals surface area contributed by atoms with Gasteiger partial charge in [0.25, 0.3) is 5.56 Å². The molecule has 6 nitrogen and oxygen atoms in total. The zero-order valence-electron chi connectivity index (χ0n) is 16.1. The van der Waals surface area contributed by atoms with E-state index >= 15 is 0 Å². The molecule has 2 aromatic carbocycles. The first kappa shape index (κ1) is 18.5. The smallest absolute Gasteiger partial charge is 0.262 e. The average molecular weight is 379 g/mol. The van der Waals surface area contributed by atoms with Crippen molar-refractivity contribution in [3.8, 4) is 11.5 Å². The zero-order valence-corrected chi connectivity index (χ0v) is 16.1. The van der Waals surface area contributed by atoms with Crippen molar-refractivity contribution >= 4 is 10.9 Å². The molecule has 1 N–H and O–H groups in total. The van der Waals surface area contributed by atoms with Crippen LogP contribution in [0.4, 0.5) is 0 Å². The van der Waals surface area contributed by atoms with E-state index in [-0.39, 0.29) is 5.56 Å². The minimum atomic E-state index is -0.199. The highest BCUT2D eigenvalue weighted by Crippen LogP contribution is 2.29. The summed E-state index contributed by atoms with van der Waals surface area (Å²) < 4.78 is 11.8. The highest BCUT2D eigenvalue weighted by Gasteiger charge is 2.25. The molecule has 1 atom stereocenters. The highest BCUT2D eigenvalue weighted by molar-refractivity contribution is 5.85. The summed E-state index contributed by atoms with van der Waals surface area (Å²) in [7, 11) is 0. The second-order valence-corrected chi connectivity index (χ2v) is 7.04. The molecule has 0 spiro atoms. The quantitative estimate of drug-likeness (QED) is 0.682. The number of aromatic amines is 1. The first-order valence-corrected chi connectivity index (χ1v) is 9.79. The number of likely N-dealkylation sites (tertiary alicyclic amines) is 1. The van der Waals surface area contributed by atoms with Crippen LogP contribution in [0.1, 0.15) is 25.3 Å². The van der Waals surface area contributed by atoms with Crippen molar-refractivity contribution in [1.82, 2.24) is 14.9 Å². The van der Waals surface area contributed by atoms with Crippen LogP contribution in [0.5, 0.6) is 11.5 Å². The van der Waals surface area contributed by atoms with Crippen LogP contribution in [0.3, 0.4) is 0 Å². The molecule has 2 heterocycles. The van der Waals surface area contributed by atoms with Crippen LogP contribution in [0.25, 0.3) is 10.9 Å². The van der Waals surface area contributed by atoms with Gasteiger partial charge in [-0.05, 0) is 31.9 Å². The van der Waals surface area contributed by atoms with Crippen molar-refractivity contribution in [2.24, 2.45) is 0 Å². The third kappa shape index (κ3) is 4.02. The maximum absolute atomic E-state index is 12.3. The minimum absolute atomic E-state index is 0.199. The third-order valence-corrected chi connectivity index (χ3v) is 5.15. The number of benzene rings is 2. The van der Waals surface area contributed by atoms with Crippen LogP contribution in [-0.2, 0) is 6.54 Å². The number of nitrogens with zero attached hydrogens (tertiary/aromatic N) is 2. The standard InChI is InChI=1S/C22H25N3O3/c1-2-27-18-11-19-21(22(26)24-15-23-19)20(12-18)28-14-17-9-6-10-25(17)13-16-7-4-3-5-8-16/h3-5,7-8,11-12,15,17H,2,6,9-10,13-14H2,1H3,(H,23,24,26)/t17-/m1/s1. The lowest BCUT2D eigenvalue weighted by Crippen LogP contribution is -2.33. The molecule has 1 aromatic heterocycles. The van der Waals surface area contributed by atoms with Gasteiger partial charge >= 0.3 is 0 Å². The maximum Gasteiger partial charge on any atom is 0.262 e. The summed E-state index contributed by atoms with van der Waals surface area (Å²) in [5.74, 6) is 1.19. The molecule has 28 heavy (non-hydrogen) atoms. The Morgan fingerprint density at radius 2 is 2.07 bits per heavy atom. The summed E-state index contributed by atoms with van der Waals surface area (Å²) in [6.45, 7) is 4.98. The number of nitrogens with one attached hydrogen (secondary N) is 1. The lowest BCUT2D eigenvalue weighted by atomic mass is 10.2. The van der Waals surface area contributed by atoms with E-state index in [4.69, 9.17) is 9.47 Å². The van der Waals surface area contributed by atoms with E-state index in [0.29, 0.717) is 41.7 Å². The maximum atomic E-state index is 12.3. The minimum Gasteiger partial charge on any atom is -0.494 e. The number of aromatic nitrogens is 2. The fraction of sp³-hybridized carbons (Fsp3) is 0.364. The largest absolute Gasteiger partial charge is 0.494 e.